The van der Waals surface area contributed by atoms with Crippen molar-refractivity contribution >= 4 is 32.5 Å². The van der Waals surface area contributed by atoms with Crippen molar-refractivity contribution in [3.63, 3.8) is 0 Å². The molecule has 4 heterocycles. The molecule has 39 heavy (non-hydrogen) atoms. The number of hydrogen-bond donors (Lipinski definition) is 1. The van der Waals surface area contributed by atoms with Crippen molar-refractivity contribution in [3.8, 4) is 17.0 Å². The number of halogens is 5. The highest BCUT2D eigenvalue weighted by Crippen LogP contribution is 2.36. The first-order valence-corrected chi connectivity index (χ1v) is 13.4. The molecule has 11 nitrogen and oxygen atoms in total. The fourth-order valence-corrected chi connectivity index (χ4v) is 5.37. The highest BCUT2D eigenvalue weighted by molar-refractivity contribution is 7.88. The molecule has 3 aromatic heterocycles. The summed E-state index contributed by atoms with van der Waals surface area (Å²) in [5.74, 6) is -7.70. The van der Waals surface area contributed by atoms with Crippen molar-refractivity contribution in [2.24, 2.45) is 0 Å². The third-order valence-electron chi connectivity index (χ3n) is 6.31. The van der Waals surface area contributed by atoms with Crippen LogP contribution in [-0.2, 0) is 16.6 Å². The number of fused-ring (bicyclic) bond motifs is 2. The van der Waals surface area contributed by atoms with E-state index in [4.69, 9.17) is 4.74 Å². The lowest BCUT2D eigenvalue weighted by molar-refractivity contribution is -0.0541. The summed E-state index contributed by atoms with van der Waals surface area (Å²) >= 11 is 0. The van der Waals surface area contributed by atoms with Crippen LogP contribution in [0.2, 0.25) is 0 Å². The number of aromatic nitrogens is 6. The Morgan fingerprint density at radius 2 is 2.03 bits per heavy atom. The van der Waals surface area contributed by atoms with E-state index in [0.717, 1.165) is 28.6 Å². The minimum Gasteiger partial charge on any atom is -0.479 e. The lowest BCUT2D eigenvalue weighted by atomic mass is 10.0. The topological polar surface area (TPSA) is 120 Å². The Morgan fingerprint density at radius 3 is 2.67 bits per heavy atom. The van der Waals surface area contributed by atoms with Gasteiger partial charge in [0.1, 0.15) is 17.6 Å². The molecule has 1 aliphatic heterocycles. The van der Waals surface area contributed by atoms with Crippen molar-refractivity contribution in [1.29, 1.82) is 0 Å². The van der Waals surface area contributed by atoms with Crippen LogP contribution in [0.25, 0.3) is 27.7 Å². The molecule has 17 heteroatoms. The first kappa shape index (κ1) is 27.0. The predicted octanol–water partition coefficient (Wildman–Crippen LogP) is 3.03. The van der Waals surface area contributed by atoms with Crippen molar-refractivity contribution < 1.29 is 35.1 Å². The van der Waals surface area contributed by atoms with Crippen LogP contribution in [-0.4, -0.2) is 86.7 Å². The van der Waals surface area contributed by atoms with Gasteiger partial charge in [-0.25, -0.2) is 39.6 Å². The van der Waals surface area contributed by atoms with Gasteiger partial charge in [-0.3, -0.25) is 0 Å². The number of piperidine rings is 1. The van der Waals surface area contributed by atoms with Crippen LogP contribution in [0.15, 0.2) is 24.4 Å². The van der Waals surface area contributed by atoms with Crippen LogP contribution in [0.4, 0.5) is 27.9 Å². The Bertz CT molecular complexity index is 1670. The molecular formula is C22H23F5N8O3S. The van der Waals surface area contributed by atoms with E-state index in [1.165, 1.54) is 25.3 Å². The second-order valence-electron chi connectivity index (χ2n) is 9.45. The Kier molecular flexibility index (Phi) is 6.40. The molecule has 1 aromatic carbocycles. The van der Waals surface area contributed by atoms with Gasteiger partial charge in [0.15, 0.2) is 5.82 Å². The molecule has 0 radical (unpaired) electrons. The third-order valence-corrected chi connectivity index (χ3v) is 7.56. The fraction of sp³-hybridized carbons (Fsp3) is 0.455. The fourth-order valence-electron chi connectivity index (χ4n) is 4.53. The summed E-state index contributed by atoms with van der Waals surface area (Å²) in [4.78, 5) is 4.14. The first-order valence-electron chi connectivity index (χ1n) is 11.6. The average Bonchev–Trinajstić information content (AvgIpc) is 3.37. The molecule has 0 saturated carbocycles. The number of ether oxygens (including phenoxy) is 1. The first-order chi connectivity index (χ1) is 18.2. The van der Waals surface area contributed by atoms with E-state index >= 15 is 4.39 Å². The molecule has 1 atom stereocenters. The number of hydrogen-bond acceptors (Lipinski definition) is 8. The van der Waals surface area contributed by atoms with Crippen LogP contribution in [0.1, 0.15) is 13.3 Å². The Hall–Kier alpha value is -3.60. The van der Waals surface area contributed by atoms with Gasteiger partial charge in [-0.2, -0.15) is 9.29 Å². The molecule has 0 bridgehead atoms. The summed E-state index contributed by atoms with van der Waals surface area (Å²) in [5, 5.41) is 14.3. The molecule has 4 aromatic rings. The number of sulfonamides is 1. The number of methoxy groups -OCH3 is 1. The monoisotopic (exact) mass is 574 g/mol. The van der Waals surface area contributed by atoms with Crippen molar-refractivity contribution in [3.05, 3.63) is 30.2 Å². The zero-order valence-electron chi connectivity index (χ0n) is 20.9. The Balaban J connectivity index is 1.52. The van der Waals surface area contributed by atoms with E-state index in [1.807, 2.05) is 0 Å². The van der Waals surface area contributed by atoms with Gasteiger partial charge in [0, 0.05) is 13.5 Å². The predicted molar refractivity (Wildman–Crippen MR) is 130 cm³/mol. The van der Waals surface area contributed by atoms with Crippen molar-refractivity contribution in [2.75, 3.05) is 31.8 Å². The van der Waals surface area contributed by atoms with Crippen LogP contribution >= 0.6 is 0 Å². The summed E-state index contributed by atoms with van der Waals surface area (Å²) in [6.45, 7) is -1.14. The lowest BCUT2D eigenvalue weighted by Crippen LogP contribution is -2.55. The second kappa shape index (κ2) is 9.25. The van der Waals surface area contributed by atoms with Gasteiger partial charge in [-0.05, 0) is 24.1 Å². The quantitative estimate of drug-likeness (QED) is 0.335. The molecule has 0 aliphatic carbocycles. The highest BCUT2D eigenvalue weighted by Gasteiger charge is 2.47. The number of alkyl halides is 4. The minimum atomic E-state index is -3.80. The van der Waals surface area contributed by atoms with Gasteiger partial charge in [0.2, 0.25) is 21.9 Å². The molecule has 0 spiro atoms. The molecule has 1 unspecified atom stereocenters. The maximum atomic E-state index is 15.3. The zero-order chi connectivity index (χ0) is 28.3. The van der Waals surface area contributed by atoms with Gasteiger partial charge in [0.05, 0.1) is 43.2 Å². The van der Waals surface area contributed by atoms with E-state index in [2.05, 4.69) is 25.7 Å². The zero-order valence-corrected chi connectivity index (χ0v) is 21.7. The Morgan fingerprint density at radius 1 is 1.28 bits per heavy atom. The number of anilines is 1. The number of benzene rings is 1. The molecule has 5 rings (SSSR count). The normalized spacial score (nSPS) is 18.6. The Labute approximate surface area is 218 Å². The molecule has 1 aliphatic rings. The third kappa shape index (κ3) is 5.19. The van der Waals surface area contributed by atoms with E-state index in [1.54, 1.807) is 0 Å². The van der Waals surface area contributed by atoms with E-state index in [0.29, 0.717) is 9.82 Å². The maximum absolute atomic E-state index is 15.3. The van der Waals surface area contributed by atoms with E-state index in [-0.39, 0.29) is 47.0 Å². The molecule has 210 valence electrons. The minimum absolute atomic E-state index is 0.0110. The summed E-state index contributed by atoms with van der Waals surface area (Å²) < 4.78 is 104. The van der Waals surface area contributed by atoms with Gasteiger partial charge < -0.3 is 10.1 Å². The summed E-state index contributed by atoms with van der Waals surface area (Å²) in [6, 6.07) is 2.97. The van der Waals surface area contributed by atoms with Crippen LogP contribution in [0, 0.1) is 5.82 Å². The molecule has 1 fully saturated rings. The molecule has 1 saturated heterocycles. The molecular weight excluding hydrogens is 551 g/mol. The lowest BCUT2D eigenvalue weighted by Gasteiger charge is -2.37. The van der Waals surface area contributed by atoms with E-state index < -0.39 is 46.8 Å². The number of nitrogens with one attached hydrogen (secondary N) is 1. The number of rotatable bonds is 7. The summed E-state index contributed by atoms with van der Waals surface area (Å²) in [7, 11) is -2.55. The van der Waals surface area contributed by atoms with Gasteiger partial charge in [-0.15, -0.1) is 10.2 Å². The highest BCUT2D eigenvalue weighted by atomic mass is 32.2. The molecule has 1 N–H and O–H groups in total. The summed E-state index contributed by atoms with van der Waals surface area (Å²) in [6.07, 6.45) is 1.63. The van der Waals surface area contributed by atoms with Crippen LogP contribution in [0.3, 0.4) is 0 Å². The van der Waals surface area contributed by atoms with Crippen molar-refractivity contribution in [2.45, 2.75) is 37.8 Å². The molecule has 0 amide bonds. The van der Waals surface area contributed by atoms with Crippen molar-refractivity contribution in [1.82, 2.24) is 33.9 Å². The standard InChI is InChI=1S/C22H23F5N8O3S/c1-21(24,25)10-35-15-8-12(4-5-14(15)30-32-35)17-13(23)9-34-18(17)19(38-2)29-20(31-34)28-16-6-7-33(39(3,36)37)11-22(16,26)27/h4-5,8-9,16H,6-7,10-11H2,1-3H3,(H,28,31). The van der Waals surface area contributed by atoms with Gasteiger partial charge >= 0.3 is 0 Å². The second-order valence-corrected chi connectivity index (χ2v) is 11.4. The van der Waals surface area contributed by atoms with Gasteiger partial charge in [-0.1, -0.05) is 11.3 Å². The number of nitrogens with zero attached hydrogens (tertiary/aromatic N) is 7. The van der Waals surface area contributed by atoms with Gasteiger partial charge in [0.25, 0.3) is 11.8 Å². The largest absolute Gasteiger partial charge is 0.479 e. The smallest absolute Gasteiger partial charge is 0.281 e. The average molecular weight is 575 g/mol. The SMILES string of the molecule is COc1nc(NC2CCN(S(C)(=O)=O)CC2(F)F)nn2cc(F)c(-c3ccc4nnn(CC(C)(F)F)c4c3)c12. The summed E-state index contributed by atoms with van der Waals surface area (Å²) in [5.41, 5.74) is 0.896. The van der Waals surface area contributed by atoms with E-state index in [9.17, 15) is 26.0 Å². The maximum Gasteiger partial charge on any atom is 0.281 e. The van der Waals surface area contributed by atoms with Crippen LogP contribution < -0.4 is 10.1 Å². The van der Waals surface area contributed by atoms with Crippen LogP contribution in [0.5, 0.6) is 5.88 Å².